The van der Waals surface area contributed by atoms with E-state index in [0.717, 1.165) is 30.0 Å². The molecule has 1 aromatic carbocycles. The van der Waals surface area contributed by atoms with Gasteiger partial charge >= 0.3 is 0 Å². The summed E-state index contributed by atoms with van der Waals surface area (Å²) in [5, 5.41) is 13.9. The Morgan fingerprint density at radius 2 is 2.00 bits per heavy atom. The fourth-order valence-electron chi connectivity index (χ4n) is 2.88. The standard InChI is InChI=1S/C16H16N4O4S/c1-19-7-6-11-12(8-19)25-16(13(11)14(17)21)18-15(22)9-2-4-10(5-3-9)20(23)24/h2-5H,6-8H2,1H3,(H2,17,21)(H,18,22)/p+1. The molecule has 0 spiro atoms. The summed E-state index contributed by atoms with van der Waals surface area (Å²) in [5.41, 5.74) is 7.00. The van der Waals surface area contributed by atoms with E-state index in [1.807, 2.05) is 0 Å². The van der Waals surface area contributed by atoms with E-state index in [1.54, 1.807) is 0 Å². The normalized spacial score (nSPS) is 16.1. The van der Waals surface area contributed by atoms with Crippen molar-refractivity contribution < 1.29 is 19.4 Å². The summed E-state index contributed by atoms with van der Waals surface area (Å²) in [5.74, 6) is -0.993. The number of carbonyl (C=O) groups is 2. The van der Waals surface area contributed by atoms with Crippen LogP contribution in [0.25, 0.3) is 0 Å². The molecule has 1 unspecified atom stereocenters. The van der Waals surface area contributed by atoms with Gasteiger partial charge in [0.25, 0.3) is 17.5 Å². The number of nitrogens with two attached hydrogens (primary N) is 1. The zero-order chi connectivity index (χ0) is 18.1. The van der Waals surface area contributed by atoms with E-state index < -0.39 is 16.7 Å². The number of non-ortho nitro benzene ring substituents is 1. The molecule has 0 bridgehead atoms. The van der Waals surface area contributed by atoms with Crippen LogP contribution in [0.4, 0.5) is 10.7 Å². The lowest BCUT2D eigenvalue weighted by atomic mass is 10.0. The van der Waals surface area contributed by atoms with Crippen LogP contribution in [-0.4, -0.2) is 30.3 Å². The van der Waals surface area contributed by atoms with Crippen molar-refractivity contribution in [2.45, 2.75) is 13.0 Å². The van der Waals surface area contributed by atoms with Crippen LogP contribution in [0.3, 0.4) is 0 Å². The van der Waals surface area contributed by atoms with Gasteiger partial charge in [-0.05, 0) is 17.7 Å². The lowest BCUT2D eigenvalue weighted by molar-refractivity contribution is -0.895. The number of carbonyl (C=O) groups excluding carboxylic acids is 2. The molecular formula is C16H17N4O4S+. The molecule has 0 fully saturated rings. The van der Waals surface area contributed by atoms with Crippen LogP contribution < -0.4 is 16.0 Å². The van der Waals surface area contributed by atoms with Crippen LogP contribution in [0.1, 0.15) is 31.2 Å². The van der Waals surface area contributed by atoms with E-state index >= 15 is 0 Å². The molecule has 9 heteroatoms. The first-order chi connectivity index (χ1) is 11.9. The highest BCUT2D eigenvalue weighted by molar-refractivity contribution is 7.17. The number of nitro benzene ring substituents is 1. The molecule has 1 atom stereocenters. The van der Waals surface area contributed by atoms with Gasteiger partial charge in [0.05, 0.1) is 29.0 Å². The molecule has 0 aliphatic carbocycles. The Bertz CT molecular complexity index is 860. The molecule has 2 amide bonds. The Balaban J connectivity index is 1.88. The van der Waals surface area contributed by atoms with E-state index in [-0.39, 0.29) is 11.3 Å². The van der Waals surface area contributed by atoms with E-state index in [4.69, 9.17) is 5.73 Å². The van der Waals surface area contributed by atoms with Crippen LogP contribution in [0.2, 0.25) is 0 Å². The van der Waals surface area contributed by atoms with Gasteiger partial charge in [0.15, 0.2) is 0 Å². The van der Waals surface area contributed by atoms with Crippen molar-refractivity contribution in [1.82, 2.24) is 0 Å². The van der Waals surface area contributed by atoms with Crippen LogP contribution >= 0.6 is 11.3 Å². The second-order valence-electron chi connectivity index (χ2n) is 5.96. The second kappa shape index (κ2) is 6.61. The van der Waals surface area contributed by atoms with Crippen LogP contribution in [0.5, 0.6) is 0 Å². The lowest BCUT2D eigenvalue weighted by Gasteiger charge is -2.19. The highest BCUT2D eigenvalue weighted by atomic mass is 32.1. The van der Waals surface area contributed by atoms with Gasteiger partial charge in [0.2, 0.25) is 0 Å². The number of nitro groups is 1. The molecule has 0 saturated carbocycles. The minimum absolute atomic E-state index is 0.0908. The summed E-state index contributed by atoms with van der Waals surface area (Å²) in [6, 6.07) is 5.29. The average molecular weight is 361 g/mol. The van der Waals surface area contributed by atoms with Crippen LogP contribution in [0, 0.1) is 10.1 Å². The molecule has 1 aliphatic heterocycles. The van der Waals surface area contributed by atoms with Gasteiger partial charge in [0, 0.05) is 24.1 Å². The largest absolute Gasteiger partial charge is 0.365 e. The predicted molar refractivity (Wildman–Crippen MR) is 93.0 cm³/mol. The van der Waals surface area contributed by atoms with Crippen molar-refractivity contribution in [2.24, 2.45) is 5.73 Å². The number of hydrogen-bond donors (Lipinski definition) is 3. The van der Waals surface area contributed by atoms with Gasteiger partial charge in [-0.3, -0.25) is 19.7 Å². The van der Waals surface area contributed by atoms with Gasteiger partial charge in [-0.15, -0.1) is 11.3 Å². The number of likely N-dealkylation sites (N-methyl/N-ethyl adjacent to an activating group) is 1. The number of fused-ring (bicyclic) bond motifs is 1. The average Bonchev–Trinajstić information content (AvgIpc) is 2.91. The Kier molecular flexibility index (Phi) is 4.51. The van der Waals surface area contributed by atoms with Crippen molar-refractivity contribution in [3.63, 3.8) is 0 Å². The summed E-state index contributed by atoms with van der Waals surface area (Å²) in [7, 11) is 2.07. The molecule has 1 aliphatic rings. The number of quaternary nitrogens is 1. The first-order valence-electron chi connectivity index (χ1n) is 7.68. The molecule has 0 saturated heterocycles. The highest BCUT2D eigenvalue weighted by Gasteiger charge is 2.28. The Morgan fingerprint density at radius 1 is 1.32 bits per heavy atom. The van der Waals surface area contributed by atoms with Crippen molar-refractivity contribution in [2.75, 3.05) is 18.9 Å². The third kappa shape index (κ3) is 3.37. The first-order valence-corrected chi connectivity index (χ1v) is 8.50. The van der Waals surface area contributed by atoms with Gasteiger partial charge in [-0.2, -0.15) is 0 Å². The SMILES string of the molecule is C[NH+]1CCc2c(sc(NC(=O)c3ccc([N+](=O)[O-])cc3)c2C(N)=O)C1. The Hall–Kier alpha value is -2.78. The summed E-state index contributed by atoms with van der Waals surface area (Å²) in [6.45, 7) is 1.69. The molecule has 3 rings (SSSR count). The number of nitrogens with zero attached hydrogens (tertiary/aromatic N) is 1. The summed E-state index contributed by atoms with van der Waals surface area (Å²) < 4.78 is 0. The van der Waals surface area contributed by atoms with Crippen molar-refractivity contribution >= 4 is 33.8 Å². The molecule has 8 nitrogen and oxygen atoms in total. The maximum atomic E-state index is 12.4. The van der Waals surface area contributed by atoms with Crippen molar-refractivity contribution in [1.29, 1.82) is 0 Å². The maximum Gasteiger partial charge on any atom is 0.269 e. The van der Waals surface area contributed by atoms with E-state index in [0.29, 0.717) is 10.6 Å². The fourth-order valence-corrected chi connectivity index (χ4v) is 4.24. The minimum atomic E-state index is -0.559. The Morgan fingerprint density at radius 3 is 2.60 bits per heavy atom. The number of primary amides is 1. The zero-order valence-electron chi connectivity index (χ0n) is 13.5. The minimum Gasteiger partial charge on any atom is -0.365 e. The predicted octanol–water partition coefficient (Wildman–Crippen LogP) is 0.578. The monoisotopic (exact) mass is 361 g/mol. The van der Waals surface area contributed by atoms with Gasteiger partial charge in [-0.1, -0.05) is 0 Å². The number of rotatable bonds is 4. The second-order valence-corrected chi connectivity index (χ2v) is 7.07. The molecule has 4 N–H and O–H groups in total. The molecule has 25 heavy (non-hydrogen) atoms. The molecule has 0 radical (unpaired) electrons. The number of amides is 2. The topological polar surface area (TPSA) is 120 Å². The lowest BCUT2D eigenvalue weighted by Crippen LogP contribution is -3.08. The summed E-state index contributed by atoms with van der Waals surface area (Å²) in [4.78, 5) is 36.8. The number of benzene rings is 1. The van der Waals surface area contributed by atoms with E-state index in [9.17, 15) is 19.7 Å². The molecule has 2 heterocycles. The first kappa shape index (κ1) is 17.1. The van der Waals surface area contributed by atoms with Crippen LogP contribution in [0.15, 0.2) is 24.3 Å². The smallest absolute Gasteiger partial charge is 0.269 e. The van der Waals surface area contributed by atoms with Gasteiger partial charge < -0.3 is 16.0 Å². The molecule has 130 valence electrons. The number of nitrogens with one attached hydrogen (secondary N) is 2. The molecule has 1 aromatic heterocycles. The Labute approximate surface area is 147 Å². The number of thiophene rings is 1. The molecular weight excluding hydrogens is 344 g/mol. The quantitative estimate of drug-likeness (QED) is 0.545. The third-order valence-electron chi connectivity index (χ3n) is 4.17. The van der Waals surface area contributed by atoms with E-state index in [2.05, 4.69) is 12.4 Å². The number of hydrogen-bond acceptors (Lipinski definition) is 5. The maximum absolute atomic E-state index is 12.4. The number of anilines is 1. The van der Waals surface area contributed by atoms with E-state index in [1.165, 1.54) is 40.5 Å². The van der Waals surface area contributed by atoms with Gasteiger partial charge in [-0.25, -0.2) is 0 Å². The van der Waals surface area contributed by atoms with Gasteiger partial charge in [0.1, 0.15) is 11.5 Å². The summed E-state index contributed by atoms with van der Waals surface area (Å²) >= 11 is 1.36. The van der Waals surface area contributed by atoms with Crippen LogP contribution in [-0.2, 0) is 13.0 Å². The summed E-state index contributed by atoms with van der Waals surface area (Å²) in [6.07, 6.45) is 0.739. The zero-order valence-corrected chi connectivity index (χ0v) is 14.3. The van der Waals surface area contributed by atoms with Crippen molar-refractivity contribution in [3.8, 4) is 0 Å². The third-order valence-corrected chi connectivity index (χ3v) is 5.32. The molecule has 2 aromatic rings. The van der Waals surface area contributed by atoms with Crippen molar-refractivity contribution in [3.05, 3.63) is 55.9 Å². The highest BCUT2D eigenvalue weighted by Crippen LogP contribution is 2.34. The fraction of sp³-hybridized carbons (Fsp3) is 0.250.